The molecule has 2 aromatic heterocycles. The molecule has 0 spiro atoms. The van der Waals surface area contributed by atoms with Gasteiger partial charge in [-0.15, -0.1) is 0 Å². The molecular weight excluding hydrogens is 422 g/mol. The van der Waals surface area contributed by atoms with Crippen molar-refractivity contribution in [1.82, 2.24) is 30.2 Å². The number of benzene rings is 1. The molecule has 3 rings (SSSR count). The fourth-order valence-electron chi connectivity index (χ4n) is 3.15. The van der Waals surface area contributed by atoms with Gasteiger partial charge in [0.25, 0.3) is 5.91 Å². The number of ether oxygens (including phenoxy) is 1. The Morgan fingerprint density at radius 1 is 1.03 bits per heavy atom. The summed E-state index contributed by atoms with van der Waals surface area (Å²) in [5.41, 5.74) is 6.72. The predicted molar refractivity (Wildman–Crippen MR) is 123 cm³/mol. The zero-order valence-corrected chi connectivity index (χ0v) is 19.2. The topological polar surface area (TPSA) is 142 Å². The number of esters is 1. The van der Waals surface area contributed by atoms with Crippen LogP contribution < -0.4 is 11.1 Å². The van der Waals surface area contributed by atoms with Crippen LogP contribution in [-0.2, 0) is 29.2 Å². The average Bonchev–Trinajstić information content (AvgIpc) is 3.45. The van der Waals surface area contributed by atoms with Gasteiger partial charge in [-0.1, -0.05) is 12.1 Å². The lowest BCUT2D eigenvalue weighted by atomic mass is 10.1. The molecule has 0 aliphatic heterocycles. The normalized spacial score (nSPS) is 12.5. The van der Waals surface area contributed by atoms with Crippen LogP contribution in [0.2, 0.25) is 0 Å². The van der Waals surface area contributed by atoms with Gasteiger partial charge in [-0.3, -0.25) is 14.5 Å². The molecular formula is C23H31N7O3. The summed E-state index contributed by atoms with van der Waals surface area (Å²) < 4.78 is 5.23. The van der Waals surface area contributed by atoms with E-state index in [9.17, 15) is 9.59 Å². The second-order valence-electron chi connectivity index (χ2n) is 8.76. The van der Waals surface area contributed by atoms with E-state index < -0.39 is 17.6 Å². The highest BCUT2D eigenvalue weighted by Crippen LogP contribution is 2.12. The molecule has 0 saturated heterocycles. The lowest BCUT2D eigenvalue weighted by Gasteiger charge is -2.22. The molecule has 5 N–H and O–H groups in total. The smallest absolute Gasteiger partial charge is 0.325 e. The van der Waals surface area contributed by atoms with Crippen molar-refractivity contribution < 1.29 is 14.3 Å². The Morgan fingerprint density at radius 3 is 2.09 bits per heavy atom. The van der Waals surface area contributed by atoms with E-state index in [1.54, 1.807) is 57.7 Å². The number of carbonyl (C=O) groups is 2. The van der Waals surface area contributed by atoms with Crippen LogP contribution in [0.5, 0.6) is 0 Å². The summed E-state index contributed by atoms with van der Waals surface area (Å²) in [4.78, 5) is 41.5. The number of imidazole rings is 2. The first-order chi connectivity index (χ1) is 15.7. The number of carbonyl (C=O) groups excluding carboxylic acids is 2. The molecule has 0 saturated carbocycles. The van der Waals surface area contributed by atoms with Crippen LogP contribution in [0.25, 0.3) is 0 Å². The van der Waals surface area contributed by atoms with E-state index in [1.807, 2.05) is 12.1 Å². The monoisotopic (exact) mass is 453 g/mol. The number of amides is 1. The summed E-state index contributed by atoms with van der Waals surface area (Å²) in [6.45, 7) is 7.19. The number of nitrogens with zero attached hydrogens (tertiary/aromatic N) is 3. The second-order valence-corrected chi connectivity index (χ2v) is 8.76. The molecule has 0 bridgehead atoms. The number of H-pyrrole nitrogens is 2. The third-order valence-electron chi connectivity index (χ3n) is 4.67. The molecule has 176 valence electrons. The first kappa shape index (κ1) is 24.1. The quantitative estimate of drug-likeness (QED) is 0.343. The molecule has 0 aliphatic carbocycles. The predicted octanol–water partition coefficient (Wildman–Crippen LogP) is 1.73. The summed E-state index contributed by atoms with van der Waals surface area (Å²) in [7, 11) is 0. The van der Waals surface area contributed by atoms with Crippen LogP contribution in [0, 0.1) is 0 Å². The maximum Gasteiger partial charge on any atom is 0.325 e. The Bertz CT molecular complexity index is 973. The zero-order valence-electron chi connectivity index (χ0n) is 19.2. The van der Waals surface area contributed by atoms with E-state index in [4.69, 9.17) is 10.5 Å². The van der Waals surface area contributed by atoms with Gasteiger partial charge in [0.2, 0.25) is 0 Å². The molecule has 1 unspecified atom stereocenters. The van der Waals surface area contributed by atoms with Crippen LogP contribution in [0.3, 0.4) is 0 Å². The minimum atomic E-state index is -0.927. The Labute approximate surface area is 193 Å². The number of hydrogen-bond donors (Lipinski definition) is 4. The minimum Gasteiger partial charge on any atom is -0.459 e. The van der Waals surface area contributed by atoms with Gasteiger partial charge >= 0.3 is 5.97 Å². The molecule has 1 amide bonds. The van der Waals surface area contributed by atoms with Crippen LogP contribution in [0.4, 0.5) is 0 Å². The van der Waals surface area contributed by atoms with Crippen molar-refractivity contribution in [2.45, 2.75) is 52.0 Å². The van der Waals surface area contributed by atoms with E-state index in [0.29, 0.717) is 25.2 Å². The number of aromatic nitrogens is 4. The van der Waals surface area contributed by atoms with Crippen LogP contribution >= 0.6 is 0 Å². The Balaban J connectivity index is 1.56. The fraction of sp³-hybridized carbons (Fsp3) is 0.391. The van der Waals surface area contributed by atoms with Crippen LogP contribution in [0.15, 0.2) is 49.1 Å². The number of rotatable bonds is 10. The van der Waals surface area contributed by atoms with Gasteiger partial charge in [0.05, 0.1) is 13.1 Å². The molecule has 1 atom stereocenters. The zero-order chi connectivity index (χ0) is 23.8. The molecule has 0 aliphatic rings. The molecule has 10 nitrogen and oxygen atoms in total. The van der Waals surface area contributed by atoms with Crippen molar-refractivity contribution >= 4 is 11.9 Å². The average molecular weight is 454 g/mol. The summed E-state index contributed by atoms with van der Waals surface area (Å²) >= 11 is 0. The van der Waals surface area contributed by atoms with E-state index in [0.717, 1.165) is 17.2 Å². The molecule has 33 heavy (non-hydrogen) atoms. The van der Waals surface area contributed by atoms with Crippen molar-refractivity contribution in [3.8, 4) is 0 Å². The van der Waals surface area contributed by atoms with E-state index in [-0.39, 0.29) is 12.5 Å². The first-order valence-electron chi connectivity index (χ1n) is 10.7. The minimum absolute atomic E-state index is 0.00439. The summed E-state index contributed by atoms with van der Waals surface area (Å²) in [6.07, 6.45) is 7.04. The lowest BCUT2D eigenvalue weighted by Crippen LogP contribution is -2.45. The standard InChI is InChI=1S/C23H31N7O3/c1-23(2,3)33-22(32)18(24)12-29-21(31)17-6-4-16(5-7-17)13-30(14-19-25-8-9-26-19)15-20-27-10-11-28-20/h4-11,18H,12-15,24H2,1-3H3,(H,25,26)(H,27,28)(H,29,31). The van der Waals surface area contributed by atoms with Crippen LogP contribution in [-0.4, -0.2) is 54.9 Å². The number of hydrogen-bond acceptors (Lipinski definition) is 7. The van der Waals surface area contributed by atoms with Crippen molar-refractivity contribution in [2.24, 2.45) is 5.73 Å². The van der Waals surface area contributed by atoms with Gasteiger partial charge < -0.3 is 25.8 Å². The number of nitrogens with one attached hydrogen (secondary N) is 3. The Morgan fingerprint density at radius 2 is 1.61 bits per heavy atom. The van der Waals surface area contributed by atoms with Gasteiger partial charge in [0, 0.05) is 43.4 Å². The lowest BCUT2D eigenvalue weighted by molar-refractivity contribution is -0.156. The van der Waals surface area contributed by atoms with Gasteiger partial charge in [0.1, 0.15) is 23.3 Å². The fourth-order valence-corrected chi connectivity index (χ4v) is 3.15. The van der Waals surface area contributed by atoms with Crippen molar-refractivity contribution in [3.05, 3.63) is 71.8 Å². The molecule has 1 aromatic carbocycles. The molecule has 2 heterocycles. The highest BCUT2D eigenvalue weighted by atomic mass is 16.6. The number of aromatic amines is 2. The van der Waals surface area contributed by atoms with E-state index in [2.05, 4.69) is 30.2 Å². The van der Waals surface area contributed by atoms with Crippen LogP contribution in [0.1, 0.15) is 48.3 Å². The van der Waals surface area contributed by atoms with Gasteiger partial charge in [-0.05, 0) is 38.5 Å². The largest absolute Gasteiger partial charge is 0.459 e. The van der Waals surface area contributed by atoms with Gasteiger partial charge in [0.15, 0.2) is 0 Å². The molecule has 10 heteroatoms. The summed E-state index contributed by atoms with van der Waals surface area (Å²) in [5, 5.41) is 2.69. The van der Waals surface area contributed by atoms with Crippen molar-refractivity contribution in [2.75, 3.05) is 6.54 Å². The van der Waals surface area contributed by atoms with Crippen molar-refractivity contribution in [1.29, 1.82) is 0 Å². The van der Waals surface area contributed by atoms with E-state index in [1.165, 1.54) is 0 Å². The Kier molecular flexibility index (Phi) is 7.96. The molecule has 0 radical (unpaired) electrons. The molecule has 3 aromatic rings. The highest BCUT2D eigenvalue weighted by molar-refractivity contribution is 5.94. The second kappa shape index (κ2) is 10.9. The van der Waals surface area contributed by atoms with Crippen molar-refractivity contribution in [3.63, 3.8) is 0 Å². The SMILES string of the molecule is CC(C)(C)OC(=O)C(N)CNC(=O)c1ccc(CN(Cc2ncc[nH]2)Cc2ncc[nH]2)cc1. The first-order valence-corrected chi connectivity index (χ1v) is 10.7. The summed E-state index contributed by atoms with van der Waals surface area (Å²) in [5.74, 6) is 0.868. The number of nitrogens with two attached hydrogens (primary N) is 1. The van der Waals surface area contributed by atoms with Gasteiger partial charge in [-0.2, -0.15) is 0 Å². The van der Waals surface area contributed by atoms with E-state index >= 15 is 0 Å². The Hall–Kier alpha value is -3.50. The summed E-state index contributed by atoms with van der Waals surface area (Å²) in [6, 6.07) is 6.38. The third-order valence-corrected chi connectivity index (χ3v) is 4.67. The highest BCUT2D eigenvalue weighted by Gasteiger charge is 2.22. The third kappa shape index (κ3) is 7.85. The van der Waals surface area contributed by atoms with Gasteiger partial charge in [-0.25, -0.2) is 9.97 Å². The maximum absolute atomic E-state index is 12.5. The molecule has 0 fully saturated rings. The maximum atomic E-state index is 12.5.